The maximum atomic E-state index is 6.50. The molecule has 2 atom stereocenters. The normalized spacial score (nSPS) is 24.5. The Labute approximate surface area is 190 Å². The third-order valence-electron chi connectivity index (χ3n) is 5.37. The van der Waals surface area contributed by atoms with Crippen molar-refractivity contribution in [3.05, 3.63) is 34.9 Å². The molecule has 158 valence electrons. The zero-order valence-corrected chi connectivity index (χ0v) is 19.8. The van der Waals surface area contributed by atoms with Crippen LogP contribution in [0.4, 0.5) is 0 Å². The van der Waals surface area contributed by atoms with E-state index in [1.807, 2.05) is 18.2 Å². The molecule has 3 rings (SSSR count). The van der Waals surface area contributed by atoms with E-state index in [9.17, 15) is 0 Å². The van der Waals surface area contributed by atoms with Gasteiger partial charge >= 0.3 is 0 Å². The standard InChI is InChI=1S/C20H31ClN4O2.HI/c1-20(8-5-11-27-20)15-24-19(22-2)23-14-18(25-9-12-26-13-10-25)16-6-3-4-7-17(16)21;/h3-4,6-7,18H,5,8-15H2,1-2H3,(H2,22,23,24);1H. The lowest BCUT2D eigenvalue weighted by Crippen LogP contribution is -2.49. The number of rotatable bonds is 6. The number of hydrogen-bond acceptors (Lipinski definition) is 4. The van der Waals surface area contributed by atoms with E-state index in [2.05, 4.69) is 33.5 Å². The first-order chi connectivity index (χ1) is 13.1. The van der Waals surface area contributed by atoms with Crippen molar-refractivity contribution >= 4 is 41.5 Å². The van der Waals surface area contributed by atoms with Crippen LogP contribution < -0.4 is 10.6 Å². The molecule has 8 heteroatoms. The van der Waals surface area contributed by atoms with Gasteiger partial charge in [-0.15, -0.1) is 24.0 Å². The molecule has 2 N–H and O–H groups in total. The highest BCUT2D eigenvalue weighted by Crippen LogP contribution is 2.28. The average molecular weight is 523 g/mol. The minimum Gasteiger partial charge on any atom is -0.379 e. The van der Waals surface area contributed by atoms with Gasteiger partial charge in [-0.25, -0.2) is 0 Å². The van der Waals surface area contributed by atoms with Gasteiger partial charge in [-0.3, -0.25) is 9.89 Å². The molecule has 1 aromatic carbocycles. The maximum absolute atomic E-state index is 6.50. The molecule has 6 nitrogen and oxygen atoms in total. The van der Waals surface area contributed by atoms with Gasteiger partial charge in [0.25, 0.3) is 0 Å². The minimum absolute atomic E-state index is 0. The third-order valence-corrected chi connectivity index (χ3v) is 5.71. The van der Waals surface area contributed by atoms with E-state index < -0.39 is 0 Å². The van der Waals surface area contributed by atoms with Crippen molar-refractivity contribution < 1.29 is 9.47 Å². The van der Waals surface area contributed by atoms with Crippen LogP contribution in [0.3, 0.4) is 0 Å². The summed E-state index contributed by atoms with van der Waals surface area (Å²) in [7, 11) is 1.80. The second-order valence-electron chi connectivity index (χ2n) is 7.39. The Balaban J connectivity index is 0.00000280. The molecule has 2 heterocycles. The molecule has 2 saturated heterocycles. The van der Waals surface area contributed by atoms with Crippen LogP contribution >= 0.6 is 35.6 Å². The first-order valence-corrected chi connectivity index (χ1v) is 10.1. The predicted molar refractivity (Wildman–Crippen MR) is 125 cm³/mol. The van der Waals surface area contributed by atoms with Crippen LogP contribution in [0.2, 0.25) is 5.02 Å². The molecule has 0 saturated carbocycles. The van der Waals surface area contributed by atoms with E-state index in [1.54, 1.807) is 7.05 Å². The van der Waals surface area contributed by atoms with Gasteiger partial charge in [-0.2, -0.15) is 0 Å². The summed E-state index contributed by atoms with van der Waals surface area (Å²) in [6, 6.07) is 8.24. The van der Waals surface area contributed by atoms with Crippen molar-refractivity contribution in [2.24, 2.45) is 4.99 Å². The van der Waals surface area contributed by atoms with Gasteiger partial charge in [-0.05, 0) is 31.4 Å². The molecule has 0 aromatic heterocycles. The largest absolute Gasteiger partial charge is 0.379 e. The van der Waals surface area contributed by atoms with Crippen molar-refractivity contribution in [3.63, 3.8) is 0 Å². The average Bonchev–Trinajstić information content (AvgIpc) is 3.13. The zero-order valence-electron chi connectivity index (χ0n) is 16.7. The molecule has 0 spiro atoms. The Kier molecular flexibility index (Phi) is 9.76. The topological polar surface area (TPSA) is 58.1 Å². The van der Waals surface area contributed by atoms with E-state index in [1.165, 1.54) is 0 Å². The first-order valence-electron chi connectivity index (χ1n) is 9.76. The van der Waals surface area contributed by atoms with E-state index in [-0.39, 0.29) is 35.6 Å². The highest BCUT2D eigenvalue weighted by atomic mass is 127. The number of aliphatic imine (C=N–C) groups is 1. The van der Waals surface area contributed by atoms with Crippen LogP contribution in [-0.2, 0) is 9.47 Å². The molecular formula is C20H32ClIN4O2. The molecule has 2 aliphatic rings. The Hall–Kier alpha value is -0.610. The molecule has 1 aromatic rings. The van der Waals surface area contributed by atoms with Crippen molar-refractivity contribution in [2.75, 3.05) is 53.0 Å². The van der Waals surface area contributed by atoms with Gasteiger partial charge in [0, 0.05) is 44.9 Å². The molecule has 0 aliphatic carbocycles. The van der Waals surface area contributed by atoms with Crippen molar-refractivity contribution in [1.82, 2.24) is 15.5 Å². The molecule has 0 radical (unpaired) electrons. The summed E-state index contributed by atoms with van der Waals surface area (Å²) < 4.78 is 11.4. The van der Waals surface area contributed by atoms with Crippen LogP contribution in [0.15, 0.2) is 29.3 Å². The highest BCUT2D eigenvalue weighted by Gasteiger charge is 2.30. The number of benzene rings is 1. The third kappa shape index (κ3) is 6.45. The smallest absolute Gasteiger partial charge is 0.191 e. The minimum atomic E-state index is -0.107. The highest BCUT2D eigenvalue weighted by molar-refractivity contribution is 14.0. The van der Waals surface area contributed by atoms with E-state index in [0.29, 0.717) is 0 Å². The lowest BCUT2D eigenvalue weighted by Gasteiger charge is -2.35. The summed E-state index contributed by atoms with van der Waals surface area (Å²) >= 11 is 6.50. The van der Waals surface area contributed by atoms with Crippen LogP contribution in [0.1, 0.15) is 31.4 Å². The summed E-state index contributed by atoms with van der Waals surface area (Å²) in [4.78, 5) is 6.80. The van der Waals surface area contributed by atoms with Gasteiger partial charge in [0.1, 0.15) is 0 Å². The van der Waals surface area contributed by atoms with Crippen molar-refractivity contribution in [3.8, 4) is 0 Å². The Morgan fingerprint density at radius 1 is 1.25 bits per heavy atom. The number of hydrogen-bond donors (Lipinski definition) is 2. The lowest BCUT2D eigenvalue weighted by molar-refractivity contribution is 0.0167. The van der Waals surface area contributed by atoms with Crippen molar-refractivity contribution in [2.45, 2.75) is 31.4 Å². The van der Waals surface area contributed by atoms with Crippen LogP contribution in [-0.4, -0.2) is 69.5 Å². The number of morpholine rings is 1. The lowest BCUT2D eigenvalue weighted by atomic mass is 10.0. The van der Waals surface area contributed by atoms with Gasteiger partial charge in [-0.1, -0.05) is 29.8 Å². The molecule has 2 fully saturated rings. The number of ether oxygens (including phenoxy) is 2. The van der Waals surface area contributed by atoms with E-state index in [4.69, 9.17) is 21.1 Å². The second-order valence-corrected chi connectivity index (χ2v) is 7.80. The molecular weight excluding hydrogens is 491 g/mol. The summed E-state index contributed by atoms with van der Waals surface area (Å²) in [6.45, 7) is 7.77. The predicted octanol–water partition coefficient (Wildman–Crippen LogP) is 3.07. The SMILES string of the molecule is CN=C(NCC(c1ccccc1Cl)N1CCOCC1)NCC1(C)CCCO1.I. The summed E-state index contributed by atoms with van der Waals surface area (Å²) in [5.74, 6) is 0.789. The quantitative estimate of drug-likeness (QED) is 0.342. The number of nitrogens with zero attached hydrogens (tertiary/aromatic N) is 2. The fraction of sp³-hybridized carbons (Fsp3) is 0.650. The Bertz CT molecular complexity index is 634. The maximum Gasteiger partial charge on any atom is 0.191 e. The summed E-state index contributed by atoms with van der Waals surface area (Å²) in [5, 5.41) is 7.69. The molecule has 2 aliphatic heterocycles. The van der Waals surface area contributed by atoms with Crippen LogP contribution in [0.25, 0.3) is 0 Å². The Morgan fingerprint density at radius 2 is 2.00 bits per heavy atom. The van der Waals surface area contributed by atoms with Gasteiger partial charge in [0.2, 0.25) is 0 Å². The summed E-state index contributed by atoms with van der Waals surface area (Å²) in [6.07, 6.45) is 2.20. The molecule has 28 heavy (non-hydrogen) atoms. The fourth-order valence-corrected chi connectivity index (χ4v) is 3.99. The molecule has 0 amide bonds. The second kappa shape index (κ2) is 11.5. The van der Waals surface area contributed by atoms with Crippen molar-refractivity contribution in [1.29, 1.82) is 0 Å². The van der Waals surface area contributed by atoms with Gasteiger partial charge in [0.15, 0.2) is 5.96 Å². The number of guanidine groups is 1. The van der Waals surface area contributed by atoms with E-state index >= 15 is 0 Å². The van der Waals surface area contributed by atoms with E-state index in [0.717, 1.165) is 75.4 Å². The summed E-state index contributed by atoms with van der Waals surface area (Å²) in [5.41, 5.74) is 1.03. The Morgan fingerprint density at radius 3 is 2.64 bits per heavy atom. The monoisotopic (exact) mass is 522 g/mol. The fourth-order valence-electron chi connectivity index (χ4n) is 3.73. The number of halogens is 2. The van der Waals surface area contributed by atoms with Crippen LogP contribution in [0.5, 0.6) is 0 Å². The number of nitrogens with one attached hydrogen (secondary N) is 2. The van der Waals surface area contributed by atoms with Gasteiger partial charge in [0.05, 0.1) is 24.9 Å². The molecule has 0 bridgehead atoms. The van der Waals surface area contributed by atoms with Crippen LogP contribution in [0, 0.1) is 0 Å². The molecule has 2 unspecified atom stereocenters. The zero-order chi connectivity index (χ0) is 19.1. The van der Waals surface area contributed by atoms with Gasteiger partial charge < -0.3 is 20.1 Å². The first kappa shape index (κ1) is 23.7.